The maximum absolute atomic E-state index is 14.8. The molecule has 0 aliphatic carbocycles. The molecule has 5 aromatic rings. The molecule has 3 heterocycles. The molecule has 8 nitrogen and oxygen atoms in total. The van der Waals surface area contributed by atoms with E-state index in [1.165, 1.54) is 12.4 Å². The summed E-state index contributed by atoms with van der Waals surface area (Å²) in [5.41, 5.74) is 1.18. The third-order valence-corrected chi connectivity index (χ3v) is 6.50. The van der Waals surface area contributed by atoms with Gasteiger partial charge in [-0.05, 0) is 24.3 Å². The maximum atomic E-state index is 14.8. The molecule has 13 heteroatoms. The lowest BCUT2D eigenvalue weighted by Crippen LogP contribution is -2.07. The summed E-state index contributed by atoms with van der Waals surface area (Å²) in [6.07, 6.45) is 7.79. The standard InChI is InChI=1S/C20H11ClF2N6O2S2/c21-11-1-2-16(13(5-11)19-25-9-12-8-24-3-4-29(12)19)31-17-6-15(23)18(7-14(17)22)33(30)28-20-26-10-27-32-20/h1-10H,(H,26,27,28). The Morgan fingerprint density at radius 3 is 2.79 bits per heavy atom. The van der Waals surface area contributed by atoms with Gasteiger partial charge in [0.2, 0.25) is 5.13 Å². The lowest BCUT2D eigenvalue weighted by atomic mass is 10.2. The zero-order chi connectivity index (χ0) is 22.9. The number of hydrogen-bond donors (Lipinski definition) is 1. The molecule has 1 unspecified atom stereocenters. The number of hydrogen-bond acceptors (Lipinski definition) is 7. The number of aromatic nitrogens is 5. The molecule has 33 heavy (non-hydrogen) atoms. The van der Waals surface area contributed by atoms with E-state index < -0.39 is 33.3 Å². The first kappa shape index (κ1) is 21.4. The second-order valence-electron chi connectivity index (χ2n) is 6.53. The van der Waals surface area contributed by atoms with E-state index in [0.29, 0.717) is 16.4 Å². The number of nitrogens with one attached hydrogen (secondary N) is 1. The number of ether oxygens (including phenoxy) is 1. The normalized spacial score (nSPS) is 12.1. The summed E-state index contributed by atoms with van der Waals surface area (Å²) < 4.78 is 55.6. The Hall–Kier alpha value is -3.48. The third-order valence-electron chi connectivity index (χ3n) is 4.46. The average molecular weight is 505 g/mol. The summed E-state index contributed by atoms with van der Waals surface area (Å²) in [6.45, 7) is 0. The molecule has 166 valence electrons. The first-order valence-electron chi connectivity index (χ1n) is 9.18. The van der Waals surface area contributed by atoms with Gasteiger partial charge < -0.3 is 4.74 Å². The smallest absolute Gasteiger partial charge is 0.214 e. The van der Waals surface area contributed by atoms with Crippen molar-refractivity contribution in [2.75, 3.05) is 4.72 Å². The zero-order valence-electron chi connectivity index (χ0n) is 16.3. The van der Waals surface area contributed by atoms with Crippen LogP contribution in [0.3, 0.4) is 0 Å². The van der Waals surface area contributed by atoms with Gasteiger partial charge in [-0.25, -0.2) is 23.0 Å². The van der Waals surface area contributed by atoms with Crippen molar-refractivity contribution in [3.05, 3.63) is 78.1 Å². The van der Waals surface area contributed by atoms with Crippen molar-refractivity contribution in [3.63, 3.8) is 0 Å². The number of imidazole rings is 1. The Morgan fingerprint density at radius 1 is 1.09 bits per heavy atom. The van der Waals surface area contributed by atoms with Gasteiger partial charge in [0.25, 0.3) is 0 Å². The van der Waals surface area contributed by atoms with E-state index >= 15 is 0 Å². The molecule has 0 amide bonds. The summed E-state index contributed by atoms with van der Waals surface area (Å²) in [6, 6.07) is 6.33. The highest BCUT2D eigenvalue weighted by Crippen LogP contribution is 2.37. The molecule has 1 N–H and O–H groups in total. The van der Waals surface area contributed by atoms with Crippen LogP contribution in [0.5, 0.6) is 11.5 Å². The topological polar surface area (TPSA) is 94.3 Å². The molecular formula is C20H11ClF2N6O2S2. The Kier molecular flexibility index (Phi) is 5.70. The van der Waals surface area contributed by atoms with Gasteiger partial charge in [-0.2, -0.15) is 4.37 Å². The van der Waals surface area contributed by atoms with E-state index in [-0.39, 0.29) is 10.9 Å². The molecule has 2 aromatic carbocycles. The molecule has 1 atom stereocenters. The minimum Gasteiger partial charge on any atom is -0.453 e. The predicted molar refractivity (Wildman–Crippen MR) is 120 cm³/mol. The van der Waals surface area contributed by atoms with Gasteiger partial charge >= 0.3 is 0 Å². The van der Waals surface area contributed by atoms with E-state index in [1.54, 1.807) is 41.3 Å². The highest BCUT2D eigenvalue weighted by molar-refractivity contribution is 7.86. The maximum Gasteiger partial charge on any atom is 0.214 e. The monoisotopic (exact) mass is 504 g/mol. The van der Waals surface area contributed by atoms with Crippen LogP contribution >= 0.6 is 23.1 Å². The van der Waals surface area contributed by atoms with Crippen LogP contribution in [0.15, 0.2) is 66.3 Å². The molecule has 0 fully saturated rings. The summed E-state index contributed by atoms with van der Waals surface area (Å²) in [5.74, 6) is -1.55. The van der Waals surface area contributed by atoms with E-state index in [1.807, 2.05) is 0 Å². The van der Waals surface area contributed by atoms with Crippen LogP contribution in [-0.4, -0.2) is 27.9 Å². The van der Waals surface area contributed by atoms with Gasteiger partial charge in [-0.1, -0.05) is 11.6 Å². The molecular weight excluding hydrogens is 494 g/mol. The van der Waals surface area contributed by atoms with Crippen LogP contribution in [-0.2, 0) is 11.0 Å². The number of nitrogens with zero attached hydrogens (tertiary/aromatic N) is 5. The fourth-order valence-electron chi connectivity index (χ4n) is 3.02. The van der Waals surface area contributed by atoms with Crippen LogP contribution in [0, 0.1) is 11.6 Å². The largest absolute Gasteiger partial charge is 0.453 e. The van der Waals surface area contributed by atoms with Crippen LogP contribution in [0.2, 0.25) is 5.02 Å². The first-order chi connectivity index (χ1) is 16.0. The van der Waals surface area contributed by atoms with Gasteiger partial charge in [0.1, 0.15) is 23.7 Å². The Labute approximate surface area is 196 Å². The summed E-state index contributed by atoms with van der Waals surface area (Å²) >= 11 is 7.10. The third kappa shape index (κ3) is 4.27. The lowest BCUT2D eigenvalue weighted by molar-refractivity contribution is 0.433. The number of halogens is 3. The zero-order valence-corrected chi connectivity index (χ0v) is 18.7. The molecule has 0 saturated heterocycles. The highest BCUT2D eigenvalue weighted by atomic mass is 35.5. The van der Waals surface area contributed by atoms with Crippen LogP contribution in [0.25, 0.3) is 16.9 Å². The SMILES string of the molecule is O=S(Nc1ncns1)c1cc(F)c(Oc2ccc(Cl)cc2-c2ncc3cnccn23)cc1F. The van der Waals surface area contributed by atoms with Crippen LogP contribution < -0.4 is 9.46 Å². The van der Waals surface area contributed by atoms with Crippen molar-refractivity contribution >= 4 is 44.8 Å². The number of anilines is 1. The predicted octanol–water partition coefficient (Wildman–Crippen LogP) is 5.11. The summed E-state index contributed by atoms with van der Waals surface area (Å²) in [7, 11) is -2.09. The van der Waals surface area contributed by atoms with Gasteiger partial charge in [0, 0.05) is 35.0 Å². The Morgan fingerprint density at radius 2 is 1.97 bits per heavy atom. The molecule has 0 aliphatic heterocycles. The van der Waals surface area contributed by atoms with E-state index in [2.05, 4.69) is 24.0 Å². The van der Waals surface area contributed by atoms with Crippen molar-refractivity contribution in [2.45, 2.75) is 4.90 Å². The minimum absolute atomic E-state index is 0.197. The fraction of sp³-hybridized carbons (Fsp3) is 0. The molecule has 5 rings (SSSR count). The molecule has 3 aromatic heterocycles. The molecule has 0 aliphatic rings. The van der Waals surface area contributed by atoms with Crippen molar-refractivity contribution in [1.29, 1.82) is 0 Å². The lowest BCUT2D eigenvalue weighted by Gasteiger charge is -2.13. The number of rotatable bonds is 6. The Balaban J connectivity index is 1.50. The quantitative estimate of drug-likeness (QED) is 0.345. The molecule has 0 bridgehead atoms. The number of fused-ring (bicyclic) bond motifs is 1. The van der Waals surface area contributed by atoms with Gasteiger partial charge in [-0.3, -0.25) is 14.1 Å². The minimum atomic E-state index is -2.09. The van der Waals surface area contributed by atoms with Crippen molar-refractivity contribution in [1.82, 2.24) is 23.7 Å². The van der Waals surface area contributed by atoms with E-state index in [0.717, 1.165) is 29.2 Å². The van der Waals surface area contributed by atoms with Gasteiger partial charge in [-0.15, -0.1) is 0 Å². The summed E-state index contributed by atoms with van der Waals surface area (Å²) in [4.78, 5) is 11.8. The second-order valence-corrected chi connectivity index (χ2v) is 8.92. The first-order valence-corrected chi connectivity index (χ1v) is 11.5. The van der Waals surface area contributed by atoms with Gasteiger partial charge in [0.15, 0.2) is 22.6 Å². The second kappa shape index (κ2) is 8.81. The van der Waals surface area contributed by atoms with E-state index in [9.17, 15) is 13.0 Å². The van der Waals surface area contributed by atoms with Crippen molar-refractivity contribution < 1.29 is 17.7 Å². The fourth-order valence-corrected chi connectivity index (χ4v) is 4.62. The van der Waals surface area contributed by atoms with Crippen molar-refractivity contribution in [3.8, 4) is 22.9 Å². The number of benzene rings is 2. The van der Waals surface area contributed by atoms with E-state index in [4.69, 9.17) is 16.3 Å². The van der Waals surface area contributed by atoms with Crippen LogP contribution in [0.4, 0.5) is 13.9 Å². The van der Waals surface area contributed by atoms with Crippen LogP contribution in [0.1, 0.15) is 0 Å². The van der Waals surface area contributed by atoms with Crippen molar-refractivity contribution in [2.24, 2.45) is 0 Å². The van der Waals surface area contributed by atoms with Gasteiger partial charge in [0.05, 0.1) is 28.4 Å². The molecule has 0 radical (unpaired) electrons. The molecule has 0 saturated carbocycles. The summed E-state index contributed by atoms with van der Waals surface area (Å²) in [5, 5.41) is 0.615. The highest BCUT2D eigenvalue weighted by Gasteiger charge is 2.20. The molecule has 0 spiro atoms. The average Bonchev–Trinajstić information content (AvgIpc) is 3.47. The Bertz CT molecular complexity index is 1500.